The van der Waals surface area contributed by atoms with E-state index >= 15 is 0 Å². The number of hydrogen-bond donors (Lipinski definition) is 1. The molecule has 0 amide bonds. The van der Waals surface area contributed by atoms with Gasteiger partial charge in [0.05, 0.1) is 6.61 Å². The number of rotatable bonds is 5. The lowest BCUT2D eigenvalue weighted by molar-refractivity contribution is 0.226. The van der Waals surface area contributed by atoms with Crippen LogP contribution in [0.2, 0.25) is 0 Å². The minimum atomic E-state index is -3.67. The zero-order chi connectivity index (χ0) is 14.6. The van der Waals surface area contributed by atoms with E-state index in [-0.39, 0.29) is 29.8 Å². The first-order valence-corrected chi connectivity index (χ1v) is 8.02. The molecule has 0 saturated heterocycles. The normalized spacial score (nSPS) is 16.4. The molecular weight excluding hydrogens is 278 g/mol. The Bertz CT molecular complexity index is 586. The summed E-state index contributed by atoms with van der Waals surface area (Å²) in [6.07, 6.45) is 4.86. The Morgan fingerprint density at radius 1 is 1.40 bits per heavy atom. The highest BCUT2D eigenvalue weighted by atomic mass is 32.2. The van der Waals surface area contributed by atoms with Crippen LogP contribution in [-0.4, -0.2) is 42.0 Å². The van der Waals surface area contributed by atoms with E-state index in [1.54, 1.807) is 0 Å². The van der Waals surface area contributed by atoms with Crippen LogP contribution in [0.3, 0.4) is 0 Å². The molecule has 0 aliphatic heterocycles. The number of nitriles is 1. The summed E-state index contributed by atoms with van der Waals surface area (Å²) in [7, 11) is -3.67. The molecule has 1 heterocycles. The van der Waals surface area contributed by atoms with Crippen LogP contribution < -0.4 is 0 Å². The molecule has 7 heteroatoms. The van der Waals surface area contributed by atoms with Crippen molar-refractivity contribution < 1.29 is 13.5 Å². The van der Waals surface area contributed by atoms with Crippen molar-refractivity contribution in [3.05, 3.63) is 24.0 Å². The molecule has 20 heavy (non-hydrogen) atoms. The van der Waals surface area contributed by atoms with E-state index in [4.69, 9.17) is 10.4 Å². The largest absolute Gasteiger partial charge is 0.395 e. The second kappa shape index (κ2) is 6.31. The minimum absolute atomic E-state index is 0.0530. The van der Waals surface area contributed by atoms with Gasteiger partial charge < -0.3 is 5.11 Å². The smallest absolute Gasteiger partial charge is 0.244 e. The van der Waals surface area contributed by atoms with Crippen LogP contribution in [0.1, 0.15) is 31.4 Å². The zero-order valence-corrected chi connectivity index (χ0v) is 11.9. The third kappa shape index (κ3) is 2.98. The summed E-state index contributed by atoms with van der Waals surface area (Å²) in [6, 6.07) is 4.58. The Morgan fingerprint density at radius 3 is 2.60 bits per heavy atom. The number of nitrogens with zero attached hydrogens (tertiary/aromatic N) is 3. The van der Waals surface area contributed by atoms with Crippen molar-refractivity contribution in [3.63, 3.8) is 0 Å². The third-order valence-electron chi connectivity index (χ3n) is 3.51. The summed E-state index contributed by atoms with van der Waals surface area (Å²) in [5.41, 5.74) is 0.179. The summed E-state index contributed by atoms with van der Waals surface area (Å²) >= 11 is 0. The Balaban J connectivity index is 2.31. The van der Waals surface area contributed by atoms with Gasteiger partial charge in [-0.3, -0.25) is 0 Å². The van der Waals surface area contributed by atoms with E-state index < -0.39 is 10.0 Å². The van der Waals surface area contributed by atoms with E-state index in [2.05, 4.69) is 4.98 Å². The van der Waals surface area contributed by atoms with Gasteiger partial charge >= 0.3 is 0 Å². The quantitative estimate of drug-likeness (QED) is 0.870. The van der Waals surface area contributed by atoms with E-state index in [1.807, 2.05) is 6.07 Å². The molecule has 1 aliphatic carbocycles. The molecule has 0 atom stereocenters. The highest BCUT2D eigenvalue weighted by molar-refractivity contribution is 7.89. The van der Waals surface area contributed by atoms with Gasteiger partial charge in [-0.2, -0.15) is 9.57 Å². The highest BCUT2D eigenvalue weighted by Crippen LogP contribution is 2.28. The van der Waals surface area contributed by atoms with E-state index in [9.17, 15) is 8.42 Å². The minimum Gasteiger partial charge on any atom is -0.395 e. The second-order valence-corrected chi connectivity index (χ2v) is 6.66. The SMILES string of the molecule is N#Cc1ccc(S(=O)(=O)N(CCO)C2CCCC2)cn1. The second-order valence-electron chi connectivity index (χ2n) is 4.77. The number of aromatic nitrogens is 1. The fourth-order valence-corrected chi connectivity index (χ4v) is 4.15. The Labute approximate surface area is 118 Å². The fourth-order valence-electron chi connectivity index (χ4n) is 2.52. The van der Waals surface area contributed by atoms with Gasteiger partial charge in [0.2, 0.25) is 10.0 Å². The molecule has 1 aromatic heterocycles. The molecule has 1 aromatic rings. The molecule has 0 bridgehead atoms. The molecule has 2 rings (SSSR count). The highest BCUT2D eigenvalue weighted by Gasteiger charge is 2.32. The van der Waals surface area contributed by atoms with Gasteiger partial charge in [0, 0.05) is 18.8 Å². The van der Waals surface area contributed by atoms with Gasteiger partial charge in [0.15, 0.2) is 0 Å². The first-order valence-electron chi connectivity index (χ1n) is 6.58. The van der Waals surface area contributed by atoms with Gasteiger partial charge in [-0.1, -0.05) is 12.8 Å². The average Bonchev–Trinajstić information content (AvgIpc) is 2.98. The number of sulfonamides is 1. The van der Waals surface area contributed by atoms with Crippen molar-refractivity contribution in [2.45, 2.75) is 36.6 Å². The topological polar surface area (TPSA) is 94.3 Å². The Kier molecular flexibility index (Phi) is 4.70. The van der Waals surface area contributed by atoms with E-state index in [1.165, 1.54) is 22.6 Å². The van der Waals surface area contributed by atoms with Crippen LogP contribution >= 0.6 is 0 Å². The molecule has 1 N–H and O–H groups in total. The first kappa shape index (κ1) is 14.9. The van der Waals surface area contributed by atoms with Crippen LogP contribution in [0.25, 0.3) is 0 Å². The summed E-state index contributed by atoms with van der Waals surface area (Å²) in [4.78, 5) is 3.87. The van der Waals surface area contributed by atoms with Gasteiger partial charge in [0.25, 0.3) is 0 Å². The van der Waals surface area contributed by atoms with E-state index in [0.29, 0.717) is 0 Å². The monoisotopic (exact) mass is 295 g/mol. The van der Waals surface area contributed by atoms with Crippen molar-refractivity contribution in [2.24, 2.45) is 0 Å². The molecule has 1 fully saturated rings. The molecule has 108 valence electrons. The van der Waals surface area contributed by atoms with Crippen LogP contribution in [0.5, 0.6) is 0 Å². The maximum absolute atomic E-state index is 12.6. The van der Waals surface area contributed by atoms with Crippen molar-refractivity contribution in [1.29, 1.82) is 5.26 Å². The maximum Gasteiger partial charge on any atom is 0.244 e. The molecule has 0 radical (unpaired) electrons. The van der Waals surface area contributed by atoms with Gasteiger partial charge in [-0.15, -0.1) is 0 Å². The number of hydrogen-bond acceptors (Lipinski definition) is 5. The van der Waals surface area contributed by atoms with Crippen molar-refractivity contribution >= 4 is 10.0 Å². The number of aliphatic hydroxyl groups is 1. The van der Waals surface area contributed by atoms with Crippen molar-refractivity contribution in [2.75, 3.05) is 13.2 Å². The fraction of sp³-hybridized carbons (Fsp3) is 0.538. The molecule has 0 unspecified atom stereocenters. The Hall–Kier alpha value is -1.49. The third-order valence-corrected chi connectivity index (χ3v) is 5.45. The molecular formula is C13H17N3O3S. The summed E-state index contributed by atoms with van der Waals surface area (Å²) in [5.74, 6) is 0. The molecule has 0 spiro atoms. The van der Waals surface area contributed by atoms with Crippen LogP contribution in [0.15, 0.2) is 23.2 Å². The lowest BCUT2D eigenvalue weighted by Crippen LogP contribution is -2.40. The maximum atomic E-state index is 12.6. The van der Waals surface area contributed by atoms with Gasteiger partial charge in [-0.25, -0.2) is 13.4 Å². The van der Waals surface area contributed by atoms with Gasteiger partial charge in [0.1, 0.15) is 16.7 Å². The lowest BCUT2D eigenvalue weighted by Gasteiger charge is -2.27. The molecule has 0 aromatic carbocycles. The van der Waals surface area contributed by atoms with Crippen LogP contribution in [0, 0.1) is 11.3 Å². The summed E-state index contributed by atoms with van der Waals surface area (Å²) in [6.45, 7) is -0.119. The van der Waals surface area contributed by atoms with Crippen molar-refractivity contribution in [1.82, 2.24) is 9.29 Å². The summed E-state index contributed by atoms with van der Waals surface area (Å²) in [5, 5.41) is 17.8. The number of aliphatic hydroxyl groups excluding tert-OH is 1. The molecule has 1 aliphatic rings. The molecule has 1 saturated carbocycles. The predicted octanol–water partition coefficient (Wildman–Crippen LogP) is 0.879. The number of pyridine rings is 1. The first-order chi connectivity index (χ1) is 9.59. The predicted molar refractivity (Wildman–Crippen MR) is 72.2 cm³/mol. The standard InChI is InChI=1S/C13H17N3O3S/c14-9-11-5-6-13(10-15-11)20(18,19)16(7-8-17)12-3-1-2-4-12/h5-6,10,12,17H,1-4,7-8H2. The van der Waals surface area contributed by atoms with Crippen LogP contribution in [0.4, 0.5) is 0 Å². The van der Waals surface area contributed by atoms with Gasteiger partial charge in [-0.05, 0) is 25.0 Å². The molecule has 6 nitrogen and oxygen atoms in total. The lowest BCUT2D eigenvalue weighted by atomic mass is 10.2. The van der Waals surface area contributed by atoms with Crippen molar-refractivity contribution in [3.8, 4) is 6.07 Å². The van der Waals surface area contributed by atoms with E-state index in [0.717, 1.165) is 25.7 Å². The zero-order valence-electron chi connectivity index (χ0n) is 11.1. The Morgan fingerprint density at radius 2 is 2.10 bits per heavy atom. The van der Waals surface area contributed by atoms with Crippen LogP contribution in [-0.2, 0) is 10.0 Å². The summed E-state index contributed by atoms with van der Waals surface area (Å²) < 4.78 is 26.6. The average molecular weight is 295 g/mol.